The van der Waals surface area contributed by atoms with Crippen LogP contribution in [-0.4, -0.2) is 30.3 Å². The monoisotopic (exact) mass is 367 g/mol. The Labute approximate surface area is 157 Å². The average Bonchev–Trinajstić information content (AvgIpc) is 3.12. The average molecular weight is 367 g/mol. The first-order valence-electron chi connectivity index (χ1n) is 8.87. The van der Waals surface area contributed by atoms with Crippen molar-refractivity contribution in [2.45, 2.75) is 31.7 Å². The molecule has 1 aliphatic carbocycles. The number of ether oxygens (including phenoxy) is 1. The fourth-order valence-electron chi connectivity index (χ4n) is 3.32. The van der Waals surface area contributed by atoms with Gasteiger partial charge in [0, 0.05) is 5.92 Å². The lowest BCUT2D eigenvalue weighted by Gasteiger charge is -2.21. The van der Waals surface area contributed by atoms with E-state index in [-0.39, 0.29) is 0 Å². The predicted octanol–water partition coefficient (Wildman–Crippen LogP) is 3.21. The number of carbonyl (C=O) groups is 2. The van der Waals surface area contributed by atoms with Crippen molar-refractivity contribution in [3.8, 4) is 5.75 Å². The number of benzene rings is 1. The lowest BCUT2D eigenvalue weighted by atomic mass is 9.92. The maximum Gasteiger partial charge on any atom is 0.346 e. The Balaban J connectivity index is 1.52. The van der Waals surface area contributed by atoms with Gasteiger partial charge in [0.15, 0.2) is 0 Å². The van der Waals surface area contributed by atoms with Gasteiger partial charge in [0.05, 0.1) is 13.3 Å². The summed E-state index contributed by atoms with van der Waals surface area (Å²) in [4.78, 5) is 25.2. The first-order valence-corrected chi connectivity index (χ1v) is 8.87. The van der Waals surface area contributed by atoms with Gasteiger partial charge in [-0.25, -0.2) is 4.79 Å². The molecular formula is C20H21N3O4. The van der Waals surface area contributed by atoms with Crippen LogP contribution in [-0.2, 0) is 10.3 Å². The number of imide groups is 1. The maximum absolute atomic E-state index is 12.8. The number of urea groups is 1. The van der Waals surface area contributed by atoms with Crippen LogP contribution in [0.2, 0.25) is 0 Å². The molecule has 140 valence electrons. The van der Waals surface area contributed by atoms with Gasteiger partial charge >= 0.3 is 6.03 Å². The minimum Gasteiger partial charge on any atom is -0.497 e. The lowest BCUT2D eigenvalue weighted by molar-refractivity contribution is -0.131. The van der Waals surface area contributed by atoms with Crippen molar-refractivity contribution < 1.29 is 18.7 Å². The third-order valence-corrected chi connectivity index (χ3v) is 5.26. The Bertz CT molecular complexity index is 918. The van der Waals surface area contributed by atoms with E-state index in [4.69, 9.17) is 9.15 Å². The van der Waals surface area contributed by atoms with Crippen LogP contribution in [0.1, 0.15) is 43.3 Å². The Kier molecular flexibility index (Phi) is 4.02. The maximum atomic E-state index is 12.8. The van der Waals surface area contributed by atoms with Gasteiger partial charge in [0.2, 0.25) is 0 Å². The van der Waals surface area contributed by atoms with Gasteiger partial charge in [-0.2, -0.15) is 5.10 Å². The number of hydrogen-bond donors (Lipinski definition) is 1. The third-order valence-electron chi connectivity index (χ3n) is 5.26. The Morgan fingerprint density at radius 2 is 1.96 bits per heavy atom. The Morgan fingerprint density at radius 1 is 1.26 bits per heavy atom. The molecule has 4 rings (SSSR count). The zero-order valence-corrected chi connectivity index (χ0v) is 15.4. The van der Waals surface area contributed by atoms with E-state index in [1.807, 2.05) is 6.07 Å². The molecule has 2 aromatic rings. The van der Waals surface area contributed by atoms with Gasteiger partial charge in [-0.15, -0.1) is 5.01 Å². The Hall–Kier alpha value is -3.09. The van der Waals surface area contributed by atoms with Crippen LogP contribution in [0.15, 0.2) is 45.9 Å². The molecule has 7 heteroatoms. The topological polar surface area (TPSA) is 84.1 Å². The summed E-state index contributed by atoms with van der Waals surface area (Å²) < 4.78 is 10.9. The van der Waals surface area contributed by atoms with Crippen molar-refractivity contribution >= 4 is 18.2 Å². The fraction of sp³-hybridized carbons (Fsp3) is 0.350. The number of nitrogens with zero attached hydrogens (tertiary/aromatic N) is 2. The molecule has 7 nitrogen and oxygen atoms in total. The summed E-state index contributed by atoms with van der Waals surface area (Å²) in [6, 6.07) is 10.1. The number of nitrogens with one attached hydrogen (secondary N) is 1. The zero-order chi connectivity index (χ0) is 19.2. The molecule has 1 saturated carbocycles. The highest BCUT2D eigenvalue weighted by molar-refractivity contribution is 6.07. The summed E-state index contributed by atoms with van der Waals surface area (Å²) in [5.74, 6) is 2.76. The number of methoxy groups -OCH3 is 1. The summed E-state index contributed by atoms with van der Waals surface area (Å²) in [5.41, 5.74) is -0.527. The summed E-state index contributed by atoms with van der Waals surface area (Å²) in [7, 11) is 1.57. The molecule has 1 N–H and O–H groups in total. The lowest BCUT2D eigenvalue weighted by Crippen LogP contribution is -2.40. The minimum absolute atomic E-state index is 0.448. The molecule has 27 heavy (non-hydrogen) atoms. The highest BCUT2D eigenvalue weighted by Crippen LogP contribution is 2.47. The first-order chi connectivity index (χ1) is 12.9. The van der Waals surface area contributed by atoms with E-state index in [2.05, 4.69) is 17.3 Å². The van der Waals surface area contributed by atoms with Crippen LogP contribution in [0, 0.1) is 5.92 Å². The third kappa shape index (κ3) is 2.99. The molecular weight excluding hydrogens is 346 g/mol. The standard InChI is InChI=1S/C20H21N3O4/c1-12-10-16(12)17-9-8-15(27-17)11-21-23-18(24)20(2,22-19(23)25)13-4-6-14(26-3)7-5-13/h4-9,11-12,16H,10H2,1-3H3,(H,22,25)/b21-11-/t12-,16+,20+/m0/s1. The molecule has 0 unspecified atom stereocenters. The number of carbonyl (C=O) groups excluding carboxylic acids is 2. The van der Waals surface area contributed by atoms with Crippen LogP contribution in [0.25, 0.3) is 0 Å². The molecule has 1 aliphatic heterocycles. The number of rotatable bonds is 5. The second-order valence-corrected chi connectivity index (χ2v) is 7.20. The second kappa shape index (κ2) is 6.26. The van der Waals surface area contributed by atoms with E-state index >= 15 is 0 Å². The van der Waals surface area contributed by atoms with Crippen molar-refractivity contribution in [2.24, 2.45) is 11.0 Å². The summed E-state index contributed by atoms with van der Waals surface area (Å²) >= 11 is 0. The molecule has 3 amide bonds. The van der Waals surface area contributed by atoms with Crippen molar-refractivity contribution in [1.29, 1.82) is 0 Å². The molecule has 1 aromatic heterocycles. The molecule has 1 saturated heterocycles. The molecule has 2 fully saturated rings. The van der Waals surface area contributed by atoms with Crippen LogP contribution in [0.4, 0.5) is 4.79 Å². The zero-order valence-electron chi connectivity index (χ0n) is 15.4. The minimum atomic E-state index is -1.18. The highest BCUT2D eigenvalue weighted by Gasteiger charge is 2.49. The summed E-state index contributed by atoms with van der Waals surface area (Å²) in [5, 5.41) is 7.60. The van der Waals surface area contributed by atoms with Crippen LogP contribution in [0.5, 0.6) is 5.75 Å². The Morgan fingerprint density at radius 3 is 2.59 bits per heavy atom. The van der Waals surface area contributed by atoms with E-state index in [0.29, 0.717) is 28.9 Å². The normalized spacial score (nSPS) is 27.3. The molecule has 0 spiro atoms. The van der Waals surface area contributed by atoms with Crippen LogP contribution >= 0.6 is 0 Å². The van der Waals surface area contributed by atoms with Crippen LogP contribution in [0.3, 0.4) is 0 Å². The SMILES string of the molecule is COc1ccc([C@@]2(C)NC(=O)N(/N=C\c3ccc([C@@H]4C[C@@H]4C)o3)C2=O)cc1. The number of amides is 3. The number of furan rings is 1. The van der Waals surface area contributed by atoms with Gasteiger partial charge in [0.25, 0.3) is 5.91 Å². The van der Waals surface area contributed by atoms with Crippen molar-refractivity contribution in [3.63, 3.8) is 0 Å². The summed E-state index contributed by atoms with van der Waals surface area (Å²) in [6.07, 6.45) is 2.52. The van der Waals surface area contributed by atoms with Crippen molar-refractivity contribution in [1.82, 2.24) is 10.3 Å². The molecule has 1 aromatic carbocycles. The van der Waals surface area contributed by atoms with E-state index < -0.39 is 17.5 Å². The number of hydrogen-bond acceptors (Lipinski definition) is 5. The van der Waals surface area contributed by atoms with Gasteiger partial charge in [-0.3, -0.25) is 4.79 Å². The molecule has 2 aliphatic rings. The first kappa shape index (κ1) is 17.3. The van der Waals surface area contributed by atoms with E-state index in [1.54, 1.807) is 44.4 Å². The second-order valence-electron chi connectivity index (χ2n) is 7.20. The van der Waals surface area contributed by atoms with Gasteiger partial charge in [-0.05, 0) is 49.1 Å². The van der Waals surface area contributed by atoms with Crippen molar-refractivity contribution in [2.75, 3.05) is 7.11 Å². The molecule has 3 atom stereocenters. The van der Waals surface area contributed by atoms with Crippen molar-refractivity contribution in [3.05, 3.63) is 53.5 Å². The quantitative estimate of drug-likeness (QED) is 0.650. The highest BCUT2D eigenvalue weighted by atomic mass is 16.5. The molecule has 2 heterocycles. The van der Waals surface area contributed by atoms with Gasteiger partial charge in [-0.1, -0.05) is 19.1 Å². The smallest absolute Gasteiger partial charge is 0.346 e. The molecule has 0 radical (unpaired) electrons. The van der Waals surface area contributed by atoms with E-state index in [9.17, 15) is 9.59 Å². The van der Waals surface area contributed by atoms with Gasteiger partial charge < -0.3 is 14.5 Å². The number of hydrazone groups is 1. The summed E-state index contributed by atoms with van der Waals surface area (Å²) in [6.45, 7) is 3.83. The molecule has 0 bridgehead atoms. The van der Waals surface area contributed by atoms with E-state index in [0.717, 1.165) is 17.2 Å². The fourth-order valence-corrected chi connectivity index (χ4v) is 3.32. The van der Waals surface area contributed by atoms with Crippen LogP contribution < -0.4 is 10.1 Å². The largest absolute Gasteiger partial charge is 0.497 e. The van der Waals surface area contributed by atoms with Gasteiger partial charge in [0.1, 0.15) is 22.8 Å². The van der Waals surface area contributed by atoms with E-state index in [1.165, 1.54) is 6.21 Å². The predicted molar refractivity (Wildman–Crippen MR) is 98.5 cm³/mol.